The van der Waals surface area contributed by atoms with Gasteiger partial charge in [-0.3, -0.25) is 0 Å². The number of hydrogen-bond acceptors (Lipinski definition) is 1. The number of aromatic nitrogens is 1. The van der Waals surface area contributed by atoms with Crippen LogP contribution in [0, 0.1) is 0 Å². The van der Waals surface area contributed by atoms with Crippen LogP contribution in [-0.4, -0.2) is 18.3 Å². The fourth-order valence-electron chi connectivity index (χ4n) is 2.23. The molecular formula is C16H21GeN. The van der Waals surface area contributed by atoms with Crippen LogP contribution in [0.15, 0.2) is 42.6 Å². The Morgan fingerprint density at radius 3 is 2.28 bits per heavy atom. The molecule has 94 valence electrons. The zero-order valence-electron chi connectivity index (χ0n) is 11.7. The van der Waals surface area contributed by atoms with Gasteiger partial charge in [-0.25, -0.2) is 0 Å². The summed E-state index contributed by atoms with van der Waals surface area (Å²) in [6.07, 6.45) is 3.22. The second-order valence-electron chi connectivity index (χ2n) is 5.70. The monoisotopic (exact) mass is 301 g/mol. The van der Waals surface area contributed by atoms with Gasteiger partial charge < -0.3 is 0 Å². The normalized spacial score (nSPS) is 11.6. The van der Waals surface area contributed by atoms with E-state index in [-0.39, 0.29) is 0 Å². The van der Waals surface area contributed by atoms with E-state index in [1.54, 1.807) is 0 Å². The van der Waals surface area contributed by atoms with Gasteiger partial charge in [-0.2, -0.15) is 0 Å². The van der Waals surface area contributed by atoms with Gasteiger partial charge in [0, 0.05) is 0 Å². The van der Waals surface area contributed by atoms with Crippen LogP contribution in [-0.2, 0) is 6.42 Å². The minimum absolute atomic E-state index is 1.10. The summed E-state index contributed by atoms with van der Waals surface area (Å²) in [7, 11) is 0. The van der Waals surface area contributed by atoms with Crippen molar-refractivity contribution < 1.29 is 0 Å². The van der Waals surface area contributed by atoms with Crippen LogP contribution in [0.25, 0.3) is 11.3 Å². The molecule has 1 aromatic heterocycles. The number of benzene rings is 1. The first-order valence-electron chi connectivity index (χ1n) is 6.57. The van der Waals surface area contributed by atoms with Crippen LogP contribution in [0.5, 0.6) is 0 Å². The standard InChI is InChI=1S/C16H21GeN/c1-5-13-11-16(14-9-7-6-8-10-14)18-12-15(13)17(2,3)4/h6-12H,5H2,1-4H3. The molecule has 2 heteroatoms. The van der Waals surface area contributed by atoms with Gasteiger partial charge in [0.2, 0.25) is 0 Å². The van der Waals surface area contributed by atoms with Gasteiger partial charge in [-0.05, 0) is 0 Å². The van der Waals surface area contributed by atoms with E-state index in [0.29, 0.717) is 0 Å². The van der Waals surface area contributed by atoms with Crippen molar-refractivity contribution >= 4 is 17.7 Å². The maximum absolute atomic E-state index is 4.67. The van der Waals surface area contributed by atoms with E-state index in [4.69, 9.17) is 0 Å². The number of nitrogens with zero attached hydrogens (tertiary/aromatic N) is 1. The van der Waals surface area contributed by atoms with Gasteiger partial charge in [-0.15, -0.1) is 0 Å². The summed E-state index contributed by atoms with van der Waals surface area (Å²) in [6.45, 7) is 2.24. The van der Waals surface area contributed by atoms with Gasteiger partial charge in [0.25, 0.3) is 0 Å². The molecule has 0 spiro atoms. The summed E-state index contributed by atoms with van der Waals surface area (Å²) in [5, 5.41) is 0. The molecule has 1 nitrogen and oxygen atoms in total. The average molecular weight is 300 g/mol. The van der Waals surface area contributed by atoms with Gasteiger partial charge in [0.1, 0.15) is 0 Å². The molecule has 2 rings (SSSR count). The summed E-state index contributed by atoms with van der Waals surface area (Å²) in [4.78, 5) is 4.67. The predicted octanol–water partition coefficient (Wildman–Crippen LogP) is 3.86. The molecular weight excluding hydrogens is 279 g/mol. The zero-order chi connectivity index (χ0) is 13.2. The fraction of sp³-hybridized carbons (Fsp3) is 0.312. The Balaban J connectivity index is 2.49. The Kier molecular flexibility index (Phi) is 3.91. The molecule has 0 saturated heterocycles. The van der Waals surface area contributed by atoms with Crippen molar-refractivity contribution in [2.45, 2.75) is 30.6 Å². The third-order valence-corrected chi connectivity index (χ3v) is 7.58. The van der Waals surface area contributed by atoms with Crippen molar-refractivity contribution in [3.63, 3.8) is 0 Å². The third kappa shape index (κ3) is 2.83. The number of hydrogen-bond donors (Lipinski definition) is 0. The molecule has 0 aliphatic heterocycles. The van der Waals surface area contributed by atoms with E-state index >= 15 is 0 Å². The maximum atomic E-state index is 4.67. The molecule has 0 N–H and O–H groups in total. The topological polar surface area (TPSA) is 12.9 Å². The SMILES string of the molecule is CCc1cc(-c2ccccc2)nc[c]1[Ge]([CH3])([CH3])[CH3]. The molecule has 0 radical (unpaired) electrons. The van der Waals surface area contributed by atoms with Crippen LogP contribution in [0.3, 0.4) is 0 Å². The molecule has 0 unspecified atom stereocenters. The Morgan fingerprint density at radius 2 is 1.72 bits per heavy atom. The summed E-state index contributed by atoms with van der Waals surface area (Å²) in [6, 6.07) is 12.7. The first-order chi connectivity index (χ1) is 8.52. The molecule has 0 aliphatic rings. The summed E-state index contributed by atoms with van der Waals surface area (Å²) >= 11 is -1.79. The average Bonchev–Trinajstić information content (AvgIpc) is 2.38. The number of rotatable bonds is 3. The second-order valence-corrected chi connectivity index (χ2v) is 16.3. The first kappa shape index (κ1) is 13.3. The van der Waals surface area contributed by atoms with Gasteiger partial charge >= 0.3 is 113 Å². The van der Waals surface area contributed by atoms with E-state index in [1.807, 2.05) is 6.07 Å². The van der Waals surface area contributed by atoms with Gasteiger partial charge in [0.05, 0.1) is 0 Å². The van der Waals surface area contributed by atoms with Crippen molar-refractivity contribution in [3.8, 4) is 11.3 Å². The fourth-order valence-corrected chi connectivity index (χ4v) is 5.72. The summed E-state index contributed by atoms with van der Waals surface area (Å²) in [5.74, 6) is 7.29. The molecule has 0 atom stereocenters. The van der Waals surface area contributed by atoms with Crippen LogP contribution >= 0.6 is 0 Å². The van der Waals surface area contributed by atoms with E-state index in [0.717, 1.165) is 12.1 Å². The number of aryl methyl sites for hydroxylation is 1. The molecule has 0 fully saturated rings. The number of pyridine rings is 1. The van der Waals surface area contributed by atoms with E-state index < -0.39 is 13.3 Å². The van der Waals surface area contributed by atoms with Crippen molar-refractivity contribution in [1.29, 1.82) is 0 Å². The minimum atomic E-state index is -1.79. The quantitative estimate of drug-likeness (QED) is 0.784. The predicted molar refractivity (Wildman–Crippen MR) is 82.0 cm³/mol. The third-order valence-electron chi connectivity index (χ3n) is 3.25. The molecule has 1 aromatic carbocycles. The van der Waals surface area contributed by atoms with Gasteiger partial charge in [0.15, 0.2) is 0 Å². The molecule has 18 heavy (non-hydrogen) atoms. The first-order valence-corrected chi connectivity index (χ1v) is 13.9. The van der Waals surface area contributed by atoms with Crippen molar-refractivity contribution in [3.05, 3.63) is 48.2 Å². The molecule has 2 aromatic rings. The Hall–Kier alpha value is -1.09. The Morgan fingerprint density at radius 1 is 1.06 bits per heavy atom. The summed E-state index contributed by atoms with van der Waals surface area (Å²) < 4.78 is 1.54. The van der Waals surface area contributed by atoms with Crippen molar-refractivity contribution in [2.24, 2.45) is 0 Å². The van der Waals surface area contributed by atoms with Crippen LogP contribution in [0.4, 0.5) is 0 Å². The van der Waals surface area contributed by atoms with Crippen molar-refractivity contribution in [1.82, 2.24) is 4.98 Å². The van der Waals surface area contributed by atoms with Crippen LogP contribution in [0.2, 0.25) is 17.3 Å². The molecule has 0 amide bonds. The Labute approximate surface area is 113 Å². The van der Waals surface area contributed by atoms with E-state index in [1.165, 1.54) is 15.5 Å². The zero-order valence-corrected chi connectivity index (χ0v) is 13.8. The molecule has 0 saturated carbocycles. The van der Waals surface area contributed by atoms with E-state index in [9.17, 15) is 0 Å². The Bertz CT molecular complexity index is 527. The summed E-state index contributed by atoms with van der Waals surface area (Å²) in [5.41, 5.74) is 3.79. The molecule has 0 bridgehead atoms. The second kappa shape index (κ2) is 5.27. The molecule has 0 aliphatic carbocycles. The van der Waals surface area contributed by atoms with Crippen LogP contribution in [0.1, 0.15) is 12.5 Å². The van der Waals surface area contributed by atoms with Crippen LogP contribution < -0.4 is 4.40 Å². The van der Waals surface area contributed by atoms with Crippen molar-refractivity contribution in [2.75, 3.05) is 0 Å². The van der Waals surface area contributed by atoms with E-state index in [2.05, 4.69) is 65.7 Å². The van der Waals surface area contributed by atoms with Gasteiger partial charge in [-0.1, -0.05) is 0 Å². The molecule has 1 heterocycles.